The molecule has 0 unspecified atom stereocenters. The third-order valence-electron chi connectivity index (χ3n) is 3.31. The Morgan fingerprint density at radius 1 is 1.00 bits per heavy atom. The lowest BCUT2D eigenvalue weighted by atomic mass is 10.2. The fourth-order valence-corrected chi connectivity index (χ4v) is 2.21. The van der Waals surface area contributed by atoms with Crippen LogP contribution < -0.4 is 10.1 Å². The SMILES string of the molecule is OCCCCNCc1cccc(OCc2ccc(Cl)cc2)c1. The Balaban J connectivity index is 1.79. The highest BCUT2D eigenvalue weighted by Crippen LogP contribution is 2.16. The van der Waals surface area contributed by atoms with Gasteiger partial charge >= 0.3 is 0 Å². The van der Waals surface area contributed by atoms with Gasteiger partial charge in [0.25, 0.3) is 0 Å². The van der Waals surface area contributed by atoms with Crippen molar-refractivity contribution >= 4 is 11.6 Å². The van der Waals surface area contributed by atoms with Crippen LogP contribution in [0.15, 0.2) is 48.5 Å². The summed E-state index contributed by atoms with van der Waals surface area (Å²) in [5.41, 5.74) is 2.29. The van der Waals surface area contributed by atoms with Gasteiger partial charge in [-0.3, -0.25) is 0 Å². The average Bonchev–Trinajstić information content (AvgIpc) is 2.55. The number of rotatable bonds is 9. The molecule has 0 fully saturated rings. The maximum atomic E-state index is 8.74. The molecular formula is C18H22ClNO2. The van der Waals surface area contributed by atoms with E-state index in [4.69, 9.17) is 21.4 Å². The summed E-state index contributed by atoms with van der Waals surface area (Å²) in [5, 5.41) is 12.8. The predicted octanol–water partition coefficient (Wildman–Crippen LogP) is 3.78. The van der Waals surface area contributed by atoms with E-state index in [1.165, 1.54) is 5.56 Å². The molecule has 0 amide bonds. The summed E-state index contributed by atoms with van der Waals surface area (Å²) in [7, 11) is 0. The molecule has 0 bridgehead atoms. The monoisotopic (exact) mass is 319 g/mol. The van der Waals surface area contributed by atoms with Gasteiger partial charge in [0, 0.05) is 18.2 Å². The van der Waals surface area contributed by atoms with E-state index in [0.717, 1.165) is 42.3 Å². The minimum Gasteiger partial charge on any atom is -0.489 e. The number of aliphatic hydroxyl groups excluding tert-OH is 1. The highest BCUT2D eigenvalue weighted by atomic mass is 35.5. The lowest BCUT2D eigenvalue weighted by Crippen LogP contribution is -2.15. The minimum atomic E-state index is 0.260. The number of hydrogen-bond donors (Lipinski definition) is 2. The summed E-state index contributed by atoms with van der Waals surface area (Å²) >= 11 is 5.87. The van der Waals surface area contributed by atoms with E-state index < -0.39 is 0 Å². The van der Waals surface area contributed by atoms with Gasteiger partial charge in [-0.05, 0) is 54.8 Å². The zero-order valence-electron chi connectivity index (χ0n) is 12.6. The van der Waals surface area contributed by atoms with Crippen molar-refractivity contribution in [3.63, 3.8) is 0 Å². The molecule has 0 heterocycles. The number of nitrogens with one attached hydrogen (secondary N) is 1. The number of halogens is 1. The van der Waals surface area contributed by atoms with E-state index in [1.54, 1.807) is 0 Å². The number of ether oxygens (including phenoxy) is 1. The lowest BCUT2D eigenvalue weighted by molar-refractivity contribution is 0.283. The summed E-state index contributed by atoms with van der Waals surface area (Å²) in [5.74, 6) is 0.865. The van der Waals surface area contributed by atoms with Crippen LogP contribution in [0.5, 0.6) is 5.75 Å². The van der Waals surface area contributed by atoms with Gasteiger partial charge < -0.3 is 15.2 Å². The topological polar surface area (TPSA) is 41.5 Å². The minimum absolute atomic E-state index is 0.260. The quantitative estimate of drug-likeness (QED) is 0.691. The molecule has 0 aliphatic carbocycles. The smallest absolute Gasteiger partial charge is 0.120 e. The molecule has 0 aromatic heterocycles. The fourth-order valence-electron chi connectivity index (χ4n) is 2.09. The van der Waals surface area contributed by atoms with Crippen LogP contribution in [-0.4, -0.2) is 18.3 Å². The van der Waals surface area contributed by atoms with Crippen molar-refractivity contribution in [2.45, 2.75) is 26.0 Å². The maximum absolute atomic E-state index is 8.74. The Morgan fingerprint density at radius 2 is 1.82 bits per heavy atom. The second-order valence-corrected chi connectivity index (χ2v) is 5.61. The third-order valence-corrected chi connectivity index (χ3v) is 3.56. The van der Waals surface area contributed by atoms with E-state index >= 15 is 0 Å². The molecule has 0 aliphatic rings. The average molecular weight is 320 g/mol. The maximum Gasteiger partial charge on any atom is 0.120 e. The molecule has 3 nitrogen and oxygen atoms in total. The Bertz CT molecular complexity index is 557. The second kappa shape index (κ2) is 9.46. The molecule has 2 N–H and O–H groups in total. The van der Waals surface area contributed by atoms with Crippen LogP contribution in [0.25, 0.3) is 0 Å². The number of unbranched alkanes of at least 4 members (excludes halogenated alkanes) is 1. The van der Waals surface area contributed by atoms with E-state index in [-0.39, 0.29) is 6.61 Å². The molecular weight excluding hydrogens is 298 g/mol. The fraction of sp³-hybridized carbons (Fsp3) is 0.333. The van der Waals surface area contributed by atoms with Gasteiger partial charge in [0.2, 0.25) is 0 Å². The predicted molar refractivity (Wildman–Crippen MR) is 90.3 cm³/mol. The molecule has 0 radical (unpaired) electrons. The van der Waals surface area contributed by atoms with Crippen molar-refractivity contribution in [1.29, 1.82) is 0 Å². The van der Waals surface area contributed by atoms with Crippen LogP contribution in [-0.2, 0) is 13.2 Å². The van der Waals surface area contributed by atoms with Crippen LogP contribution in [0.4, 0.5) is 0 Å². The van der Waals surface area contributed by atoms with Crippen LogP contribution in [0.2, 0.25) is 5.02 Å². The van der Waals surface area contributed by atoms with E-state index in [1.807, 2.05) is 36.4 Å². The van der Waals surface area contributed by atoms with Crippen LogP contribution in [0, 0.1) is 0 Å². The number of benzene rings is 2. The zero-order chi connectivity index (χ0) is 15.6. The summed E-state index contributed by atoms with van der Waals surface area (Å²) in [6.45, 7) is 2.51. The van der Waals surface area contributed by atoms with Crippen LogP contribution in [0.1, 0.15) is 24.0 Å². The Morgan fingerprint density at radius 3 is 2.59 bits per heavy atom. The summed E-state index contributed by atoms with van der Waals surface area (Å²) in [4.78, 5) is 0. The van der Waals surface area contributed by atoms with Crippen molar-refractivity contribution in [2.75, 3.05) is 13.2 Å². The molecule has 0 saturated carbocycles. The first kappa shape index (κ1) is 16.8. The van der Waals surface area contributed by atoms with Gasteiger partial charge in [-0.25, -0.2) is 0 Å². The Hall–Kier alpha value is -1.55. The number of hydrogen-bond acceptors (Lipinski definition) is 3. The largest absolute Gasteiger partial charge is 0.489 e. The van der Waals surface area contributed by atoms with Crippen LogP contribution in [0.3, 0.4) is 0 Å². The summed E-state index contributed by atoms with van der Waals surface area (Å²) in [6, 6.07) is 15.8. The summed E-state index contributed by atoms with van der Waals surface area (Å²) < 4.78 is 5.81. The first-order valence-corrected chi connectivity index (χ1v) is 7.93. The van der Waals surface area contributed by atoms with Gasteiger partial charge in [0.15, 0.2) is 0 Å². The second-order valence-electron chi connectivity index (χ2n) is 5.17. The highest BCUT2D eigenvalue weighted by molar-refractivity contribution is 6.30. The summed E-state index contributed by atoms with van der Waals surface area (Å²) in [6.07, 6.45) is 1.83. The van der Waals surface area contributed by atoms with Gasteiger partial charge in [-0.2, -0.15) is 0 Å². The van der Waals surface area contributed by atoms with E-state index in [9.17, 15) is 0 Å². The zero-order valence-corrected chi connectivity index (χ0v) is 13.4. The molecule has 0 atom stereocenters. The lowest BCUT2D eigenvalue weighted by Gasteiger charge is -2.09. The normalized spacial score (nSPS) is 10.6. The highest BCUT2D eigenvalue weighted by Gasteiger charge is 1.99. The van der Waals surface area contributed by atoms with Crippen molar-refractivity contribution in [3.8, 4) is 5.75 Å². The van der Waals surface area contributed by atoms with Gasteiger partial charge in [0.05, 0.1) is 0 Å². The molecule has 4 heteroatoms. The Kier molecular flexibility index (Phi) is 7.23. The van der Waals surface area contributed by atoms with Crippen LogP contribution >= 0.6 is 11.6 Å². The Labute approximate surface area is 136 Å². The first-order chi connectivity index (χ1) is 10.8. The molecule has 22 heavy (non-hydrogen) atoms. The number of aliphatic hydroxyl groups is 1. The molecule has 2 aromatic carbocycles. The van der Waals surface area contributed by atoms with Gasteiger partial charge in [-0.15, -0.1) is 0 Å². The van der Waals surface area contributed by atoms with E-state index in [0.29, 0.717) is 6.61 Å². The van der Waals surface area contributed by atoms with E-state index in [2.05, 4.69) is 17.4 Å². The van der Waals surface area contributed by atoms with Crippen molar-refractivity contribution in [2.24, 2.45) is 0 Å². The third kappa shape index (κ3) is 6.06. The standard InChI is InChI=1S/C18H22ClNO2/c19-17-8-6-15(7-9-17)14-22-18-5-3-4-16(12-18)13-20-10-1-2-11-21/h3-9,12,20-21H,1-2,10-11,13-14H2. The molecule has 118 valence electrons. The molecule has 2 aromatic rings. The van der Waals surface area contributed by atoms with Crippen molar-refractivity contribution in [1.82, 2.24) is 5.32 Å². The molecule has 0 spiro atoms. The molecule has 2 rings (SSSR count). The van der Waals surface area contributed by atoms with Gasteiger partial charge in [-0.1, -0.05) is 35.9 Å². The molecule has 0 saturated heterocycles. The van der Waals surface area contributed by atoms with Crippen molar-refractivity contribution < 1.29 is 9.84 Å². The molecule has 0 aliphatic heterocycles. The first-order valence-electron chi connectivity index (χ1n) is 7.55. The van der Waals surface area contributed by atoms with Crippen molar-refractivity contribution in [3.05, 3.63) is 64.7 Å². The van der Waals surface area contributed by atoms with Gasteiger partial charge in [0.1, 0.15) is 12.4 Å².